The Balaban J connectivity index is 1.78. The zero-order valence-electron chi connectivity index (χ0n) is 15.6. The van der Waals surface area contributed by atoms with E-state index in [9.17, 15) is 4.39 Å². The van der Waals surface area contributed by atoms with E-state index < -0.39 is 0 Å². The molecule has 6 aromatic rings. The average molecular weight is 373 g/mol. The summed E-state index contributed by atoms with van der Waals surface area (Å²) in [4.78, 5) is 4.77. The number of hydrogen-bond donors (Lipinski definition) is 0. The molecular formula is C27H16FN. The Morgan fingerprint density at radius 3 is 2.07 bits per heavy atom. The van der Waals surface area contributed by atoms with Crippen molar-refractivity contribution in [2.24, 2.45) is 0 Å². The molecule has 2 heteroatoms. The second kappa shape index (κ2) is 6.11. The normalized spacial score (nSPS) is 11.6. The summed E-state index contributed by atoms with van der Waals surface area (Å²) in [5.41, 5.74) is 2.02. The second-order valence-corrected chi connectivity index (χ2v) is 7.35. The van der Waals surface area contributed by atoms with E-state index in [-0.39, 0.29) is 5.82 Å². The Bertz CT molecular complexity index is 1570. The SMILES string of the molecule is Fc1cccc2c1ccc1c(-c3cc4ccccc4c4ccccc34)nccc12. The summed E-state index contributed by atoms with van der Waals surface area (Å²) in [7, 11) is 0. The monoisotopic (exact) mass is 373 g/mol. The highest BCUT2D eigenvalue weighted by Crippen LogP contribution is 2.38. The molecule has 0 aliphatic carbocycles. The number of aromatic nitrogens is 1. The summed E-state index contributed by atoms with van der Waals surface area (Å²) in [5.74, 6) is -0.195. The van der Waals surface area contributed by atoms with E-state index in [1.165, 1.54) is 27.6 Å². The lowest BCUT2D eigenvalue weighted by Crippen LogP contribution is -1.90. The number of benzene rings is 5. The molecule has 0 saturated heterocycles. The zero-order chi connectivity index (χ0) is 19.4. The molecule has 6 rings (SSSR count). The van der Waals surface area contributed by atoms with Crippen molar-refractivity contribution < 1.29 is 4.39 Å². The molecular weight excluding hydrogens is 357 g/mol. The first-order valence-electron chi connectivity index (χ1n) is 9.68. The van der Waals surface area contributed by atoms with Gasteiger partial charge in [-0.05, 0) is 50.5 Å². The van der Waals surface area contributed by atoms with Gasteiger partial charge in [-0.2, -0.15) is 0 Å². The van der Waals surface area contributed by atoms with E-state index in [1.807, 2.05) is 30.5 Å². The fourth-order valence-corrected chi connectivity index (χ4v) is 4.45. The van der Waals surface area contributed by atoms with Crippen molar-refractivity contribution in [1.29, 1.82) is 0 Å². The van der Waals surface area contributed by atoms with Gasteiger partial charge in [0.15, 0.2) is 0 Å². The highest BCUT2D eigenvalue weighted by Gasteiger charge is 2.13. The fourth-order valence-electron chi connectivity index (χ4n) is 4.45. The van der Waals surface area contributed by atoms with Crippen molar-refractivity contribution in [2.75, 3.05) is 0 Å². The summed E-state index contributed by atoms with van der Waals surface area (Å²) in [5, 5.41) is 8.41. The first kappa shape index (κ1) is 16.2. The van der Waals surface area contributed by atoms with E-state index in [2.05, 4.69) is 54.6 Å². The van der Waals surface area contributed by atoms with Gasteiger partial charge in [-0.3, -0.25) is 4.98 Å². The van der Waals surface area contributed by atoms with Gasteiger partial charge in [0.2, 0.25) is 0 Å². The van der Waals surface area contributed by atoms with Gasteiger partial charge in [-0.15, -0.1) is 0 Å². The number of fused-ring (bicyclic) bond motifs is 6. The number of hydrogen-bond acceptors (Lipinski definition) is 1. The summed E-state index contributed by atoms with van der Waals surface area (Å²) in [6.07, 6.45) is 1.83. The Morgan fingerprint density at radius 1 is 0.517 bits per heavy atom. The van der Waals surface area contributed by atoms with E-state index in [1.54, 1.807) is 6.07 Å². The Morgan fingerprint density at radius 2 is 1.17 bits per heavy atom. The lowest BCUT2D eigenvalue weighted by atomic mass is 9.92. The number of halogens is 1. The molecule has 0 saturated carbocycles. The van der Waals surface area contributed by atoms with Gasteiger partial charge in [0, 0.05) is 22.5 Å². The largest absolute Gasteiger partial charge is 0.256 e. The molecule has 0 spiro atoms. The Kier molecular flexibility index (Phi) is 3.41. The quantitative estimate of drug-likeness (QED) is 0.272. The topological polar surface area (TPSA) is 12.9 Å². The molecule has 5 aromatic carbocycles. The van der Waals surface area contributed by atoms with E-state index in [0.29, 0.717) is 5.39 Å². The van der Waals surface area contributed by atoms with Crippen LogP contribution in [-0.2, 0) is 0 Å². The lowest BCUT2D eigenvalue weighted by Gasteiger charge is -2.13. The molecule has 0 fully saturated rings. The number of nitrogens with zero attached hydrogens (tertiary/aromatic N) is 1. The molecule has 0 N–H and O–H groups in total. The van der Waals surface area contributed by atoms with E-state index >= 15 is 0 Å². The first-order chi connectivity index (χ1) is 14.3. The van der Waals surface area contributed by atoms with Gasteiger partial charge in [-0.1, -0.05) is 72.8 Å². The van der Waals surface area contributed by atoms with Gasteiger partial charge in [0.05, 0.1) is 5.69 Å². The summed E-state index contributed by atoms with van der Waals surface area (Å²) < 4.78 is 14.3. The molecule has 0 bridgehead atoms. The smallest absolute Gasteiger partial charge is 0.131 e. The first-order valence-corrected chi connectivity index (χ1v) is 9.68. The molecule has 0 unspecified atom stereocenters. The van der Waals surface area contributed by atoms with Crippen LogP contribution in [-0.4, -0.2) is 4.98 Å². The molecule has 0 amide bonds. The number of pyridine rings is 1. The average Bonchev–Trinajstić information content (AvgIpc) is 2.78. The van der Waals surface area contributed by atoms with Gasteiger partial charge in [0.1, 0.15) is 5.82 Å². The van der Waals surface area contributed by atoms with Gasteiger partial charge < -0.3 is 0 Å². The van der Waals surface area contributed by atoms with Crippen LogP contribution >= 0.6 is 0 Å². The molecule has 1 nitrogen and oxygen atoms in total. The molecule has 136 valence electrons. The Labute approximate surface area is 167 Å². The maximum absolute atomic E-state index is 14.3. The van der Waals surface area contributed by atoms with Crippen molar-refractivity contribution in [3.8, 4) is 11.3 Å². The predicted octanol–water partition coefficient (Wildman–Crippen LogP) is 7.50. The van der Waals surface area contributed by atoms with Crippen LogP contribution in [0.2, 0.25) is 0 Å². The van der Waals surface area contributed by atoms with Crippen LogP contribution in [0, 0.1) is 5.82 Å². The highest BCUT2D eigenvalue weighted by atomic mass is 19.1. The summed E-state index contributed by atoms with van der Waals surface area (Å²) >= 11 is 0. The van der Waals surface area contributed by atoms with Crippen LogP contribution in [0.15, 0.2) is 97.2 Å². The zero-order valence-corrected chi connectivity index (χ0v) is 15.6. The minimum atomic E-state index is -0.195. The highest BCUT2D eigenvalue weighted by molar-refractivity contribution is 6.18. The van der Waals surface area contributed by atoms with Gasteiger partial charge in [0.25, 0.3) is 0 Å². The van der Waals surface area contributed by atoms with Crippen molar-refractivity contribution in [3.63, 3.8) is 0 Å². The minimum absolute atomic E-state index is 0.195. The van der Waals surface area contributed by atoms with E-state index in [4.69, 9.17) is 4.98 Å². The van der Waals surface area contributed by atoms with Crippen molar-refractivity contribution in [2.45, 2.75) is 0 Å². The predicted molar refractivity (Wildman–Crippen MR) is 120 cm³/mol. The van der Waals surface area contributed by atoms with Crippen LogP contribution in [0.25, 0.3) is 54.3 Å². The van der Waals surface area contributed by atoms with E-state index in [0.717, 1.165) is 27.4 Å². The number of rotatable bonds is 1. The Hall–Kier alpha value is -3.78. The van der Waals surface area contributed by atoms with Gasteiger partial charge >= 0.3 is 0 Å². The minimum Gasteiger partial charge on any atom is -0.256 e. The second-order valence-electron chi connectivity index (χ2n) is 7.35. The van der Waals surface area contributed by atoms with Crippen LogP contribution in [0.5, 0.6) is 0 Å². The standard InChI is InChI=1S/C27H16FN/c28-26-11-5-10-20-22-14-15-29-27(24(22)13-12-23(20)26)25-16-17-6-1-2-7-18(17)19-8-3-4-9-21(19)25/h1-16H. The van der Waals surface area contributed by atoms with Crippen molar-refractivity contribution in [3.05, 3.63) is 103 Å². The summed E-state index contributed by atoms with van der Waals surface area (Å²) in [6, 6.07) is 30.2. The molecule has 0 aliphatic rings. The third-order valence-electron chi connectivity index (χ3n) is 5.77. The maximum atomic E-state index is 14.3. The molecule has 0 aliphatic heterocycles. The maximum Gasteiger partial charge on any atom is 0.131 e. The summed E-state index contributed by atoms with van der Waals surface area (Å²) in [6.45, 7) is 0. The van der Waals surface area contributed by atoms with Crippen LogP contribution in [0.3, 0.4) is 0 Å². The molecule has 29 heavy (non-hydrogen) atoms. The molecule has 1 aromatic heterocycles. The van der Waals surface area contributed by atoms with Crippen LogP contribution in [0.1, 0.15) is 0 Å². The van der Waals surface area contributed by atoms with Crippen LogP contribution < -0.4 is 0 Å². The van der Waals surface area contributed by atoms with Crippen LogP contribution in [0.4, 0.5) is 4.39 Å². The fraction of sp³-hybridized carbons (Fsp3) is 0. The molecule has 0 atom stereocenters. The lowest BCUT2D eigenvalue weighted by molar-refractivity contribution is 0.640. The molecule has 0 radical (unpaired) electrons. The third kappa shape index (κ3) is 2.36. The molecule has 1 heterocycles. The van der Waals surface area contributed by atoms with Crippen molar-refractivity contribution >= 4 is 43.1 Å². The third-order valence-corrected chi connectivity index (χ3v) is 5.77. The van der Waals surface area contributed by atoms with Gasteiger partial charge in [-0.25, -0.2) is 4.39 Å². The van der Waals surface area contributed by atoms with Crippen molar-refractivity contribution in [1.82, 2.24) is 4.98 Å².